The van der Waals surface area contributed by atoms with Gasteiger partial charge in [0.25, 0.3) is 21.8 Å². The molecule has 1 atom stereocenters. The minimum absolute atomic E-state index is 0.0140. The van der Waals surface area contributed by atoms with Crippen molar-refractivity contribution in [1.29, 1.82) is 0 Å². The van der Waals surface area contributed by atoms with Crippen LogP contribution in [-0.2, 0) is 26.2 Å². The van der Waals surface area contributed by atoms with Crippen molar-refractivity contribution in [1.82, 2.24) is 5.32 Å². The number of carbonyl (C=O) groups is 2. The Morgan fingerprint density at radius 2 is 1.63 bits per heavy atom. The Hall–Kier alpha value is -4.83. The third-order valence-corrected chi connectivity index (χ3v) is 8.62. The van der Waals surface area contributed by atoms with E-state index in [0.29, 0.717) is 35.0 Å². The molecule has 4 aromatic rings. The number of amides is 2. The van der Waals surface area contributed by atoms with Crippen LogP contribution >= 0.6 is 0 Å². The number of ether oxygens (including phenoxy) is 2. The minimum atomic E-state index is -3.83. The molecule has 4 aromatic carbocycles. The van der Waals surface area contributed by atoms with Gasteiger partial charge in [-0.15, -0.1) is 0 Å². The maximum Gasteiger partial charge on any atom is 0.265 e. The van der Waals surface area contributed by atoms with Crippen LogP contribution in [0.4, 0.5) is 11.4 Å². The maximum absolute atomic E-state index is 13.4. The van der Waals surface area contributed by atoms with Crippen molar-refractivity contribution >= 4 is 33.2 Å². The lowest BCUT2D eigenvalue weighted by Crippen LogP contribution is -2.51. The number of para-hydroxylation sites is 2. The molecule has 2 N–H and O–H groups in total. The molecule has 0 unspecified atom stereocenters. The van der Waals surface area contributed by atoms with Crippen LogP contribution in [-0.4, -0.2) is 39.5 Å². The molecule has 1 heterocycles. The first-order chi connectivity index (χ1) is 20.6. The van der Waals surface area contributed by atoms with E-state index in [9.17, 15) is 18.0 Å². The number of hydrogen-bond acceptors (Lipinski definition) is 6. The summed E-state index contributed by atoms with van der Waals surface area (Å²) in [6, 6.07) is 26.4. The lowest BCUT2D eigenvalue weighted by atomic mass is 10.1. The molecule has 0 bridgehead atoms. The number of rotatable bonds is 9. The van der Waals surface area contributed by atoms with Gasteiger partial charge in [0.2, 0.25) is 0 Å². The highest BCUT2D eigenvalue weighted by Gasteiger charge is 2.34. The van der Waals surface area contributed by atoms with Gasteiger partial charge in [-0.05, 0) is 85.5 Å². The molecular formula is C33H33N3O6S. The van der Waals surface area contributed by atoms with Crippen molar-refractivity contribution in [2.75, 3.05) is 22.8 Å². The number of nitrogens with zero attached hydrogens (tertiary/aromatic N) is 1. The quantitative estimate of drug-likeness (QED) is 0.283. The van der Waals surface area contributed by atoms with Gasteiger partial charge in [-0.1, -0.05) is 48.5 Å². The Balaban J connectivity index is 1.25. The van der Waals surface area contributed by atoms with Crippen molar-refractivity contribution < 1.29 is 27.5 Å². The number of aryl methyl sites for hydroxylation is 3. The Labute approximate surface area is 251 Å². The van der Waals surface area contributed by atoms with Crippen molar-refractivity contribution in [3.63, 3.8) is 0 Å². The summed E-state index contributed by atoms with van der Waals surface area (Å²) >= 11 is 0. The highest BCUT2D eigenvalue weighted by Crippen LogP contribution is 2.33. The lowest BCUT2D eigenvalue weighted by molar-refractivity contribution is -0.128. The van der Waals surface area contributed by atoms with Gasteiger partial charge in [0, 0.05) is 12.2 Å². The van der Waals surface area contributed by atoms with Crippen LogP contribution in [0.2, 0.25) is 0 Å². The van der Waals surface area contributed by atoms with E-state index in [-0.39, 0.29) is 29.9 Å². The smallest absolute Gasteiger partial charge is 0.265 e. The Morgan fingerprint density at radius 1 is 0.884 bits per heavy atom. The number of hydrogen-bond donors (Lipinski definition) is 2. The molecule has 1 aliphatic rings. The predicted molar refractivity (Wildman–Crippen MR) is 165 cm³/mol. The molecule has 0 saturated carbocycles. The van der Waals surface area contributed by atoms with Gasteiger partial charge in [0.05, 0.1) is 17.1 Å². The zero-order chi connectivity index (χ0) is 30.6. The normalized spacial score (nSPS) is 14.3. The van der Waals surface area contributed by atoms with E-state index in [1.165, 1.54) is 23.1 Å². The molecule has 0 saturated heterocycles. The molecule has 0 aromatic heterocycles. The summed E-state index contributed by atoms with van der Waals surface area (Å²) < 4.78 is 40.4. The maximum atomic E-state index is 13.4. The van der Waals surface area contributed by atoms with Gasteiger partial charge in [-0.2, -0.15) is 0 Å². The van der Waals surface area contributed by atoms with Crippen molar-refractivity contribution in [2.45, 2.75) is 38.3 Å². The second-order valence-electron chi connectivity index (χ2n) is 10.4. The number of sulfonamides is 1. The number of carbonyl (C=O) groups excluding carboxylic acids is 2. The fourth-order valence-corrected chi connectivity index (χ4v) is 5.83. The van der Waals surface area contributed by atoms with Crippen LogP contribution in [0, 0.1) is 20.8 Å². The summed E-state index contributed by atoms with van der Waals surface area (Å²) in [6.07, 6.45) is -0.904. The van der Waals surface area contributed by atoms with Gasteiger partial charge >= 0.3 is 0 Å². The van der Waals surface area contributed by atoms with Gasteiger partial charge in [0.1, 0.15) is 11.5 Å². The molecule has 5 rings (SSSR count). The largest absolute Gasteiger partial charge is 0.483 e. The van der Waals surface area contributed by atoms with Crippen LogP contribution in [0.5, 0.6) is 11.5 Å². The summed E-state index contributed by atoms with van der Waals surface area (Å²) in [7, 11) is -3.83. The summed E-state index contributed by atoms with van der Waals surface area (Å²) in [6.45, 7) is 5.62. The second kappa shape index (κ2) is 12.6. The summed E-state index contributed by atoms with van der Waals surface area (Å²) in [4.78, 5) is 27.9. The third kappa shape index (κ3) is 6.98. The zero-order valence-electron chi connectivity index (χ0n) is 24.2. The molecule has 1 aliphatic heterocycles. The van der Waals surface area contributed by atoms with Gasteiger partial charge in [-0.25, -0.2) is 8.42 Å². The molecule has 0 fully saturated rings. The molecule has 43 heavy (non-hydrogen) atoms. The van der Waals surface area contributed by atoms with E-state index in [2.05, 4.69) is 10.0 Å². The Morgan fingerprint density at radius 3 is 2.37 bits per heavy atom. The Bertz CT molecular complexity index is 1760. The number of anilines is 2. The SMILES string of the molecule is Cc1ccc(NS(=O)(=O)c2ccc(OCC(=O)N3C[C@@H](C(=O)NCc4ccccc4)Oc4ccccc43)c(C)c2)cc1C. The van der Waals surface area contributed by atoms with Crippen LogP contribution < -0.4 is 24.4 Å². The Kier molecular flexibility index (Phi) is 8.68. The van der Waals surface area contributed by atoms with Crippen LogP contribution in [0.1, 0.15) is 22.3 Å². The van der Waals surface area contributed by atoms with Crippen molar-refractivity contribution in [3.8, 4) is 11.5 Å². The first kappa shape index (κ1) is 29.7. The van der Waals surface area contributed by atoms with E-state index >= 15 is 0 Å². The first-order valence-electron chi connectivity index (χ1n) is 13.8. The standard InChI is InChI=1S/C33H33N3O6S/c1-22-13-14-26(17-23(22)2)35-43(39,40)27-15-16-29(24(3)18-27)41-21-32(37)36-20-31(42-30-12-8-7-11-28(30)36)33(38)34-19-25-9-5-4-6-10-25/h4-18,31,35H,19-21H2,1-3H3,(H,34,38)/t31-/m0/s1. The third-order valence-electron chi connectivity index (χ3n) is 7.24. The number of nitrogens with one attached hydrogen (secondary N) is 2. The number of fused-ring (bicyclic) bond motifs is 1. The molecule has 9 nitrogen and oxygen atoms in total. The fraction of sp³-hybridized carbons (Fsp3) is 0.212. The van der Waals surface area contributed by atoms with Crippen molar-refractivity contribution in [3.05, 3.63) is 113 Å². The van der Waals surface area contributed by atoms with Gasteiger partial charge in [0.15, 0.2) is 12.7 Å². The molecule has 10 heteroatoms. The predicted octanol–water partition coefficient (Wildman–Crippen LogP) is 4.90. The summed E-state index contributed by atoms with van der Waals surface area (Å²) in [5.74, 6) is 0.0874. The molecule has 0 aliphatic carbocycles. The monoisotopic (exact) mass is 599 g/mol. The van der Waals surface area contributed by atoms with E-state index in [4.69, 9.17) is 9.47 Å². The van der Waals surface area contributed by atoms with Gasteiger partial charge in [-0.3, -0.25) is 14.3 Å². The van der Waals surface area contributed by atoms with E-state index in [1.807, 2.05) is 50.2 Å². The van der Waals surface area contributed by atoms with Crippen LogP contribution in [0.3, 0.4) is 0 Å². The van der Waals surface area contributed by atoms with E-state index < -0.39 is 16.1 Å². The van der Waals surface area contributed by atoms with E-state index in [1.54, 1.807) is 43.3 Å². The molecule has 222 valence electrons. The molecule has 0 radical (unpaired) electrons. The zero-order valence-corrected chi connectivity index (χ0v) is 25.0. The topological polar surface area (TPSA) is 114 Å². The van der Waals surface area contributed by atoms with E-state index in [0.717, 1.165) is 16.7 Å². The highest BCUT2D eigenvalue weighted by atomic mass is 32.2. The number of benzene rings is 4. The lowest BCUT2D eigenvalue weighted by Gasteiger charge is -2.34. The van der Waals surface area contributed by atoms with Crippen LogP contribution in [0.15, 0.2) is 95.9 Å². The summed E-state index contributed by atoms with van der Waals surface area (Å²) in [5, 5.41) is 2.87. The molecule has 2 amide bonds. The minimum Gasteiger partial charge on any atom is -0.483 e. The first-order valence-corrected chi connectivity index (χ1v) is 15.3. The molecule has 0 spiro atoms. The molecular weight excluding hydrogens is 566 g/mol. The van der Waals surface area contributed by atoms with Crippen molar-refractivity contribution in [2.24, 2.45) is 0 Å². The second-order valence-corrected chi connectivity index (χ2v) is 12.1. The highest BCUT2D eigenvalue weighted by molar-refractivity contribution is 7.92. The van der Waals surface area contributed by atoms with Gasteiger partial charge < -0.3 is 19.7 Å². The van der Waals surface area contributed by atoms with Crippen LogP contribution in [0.25, 0.3) is 0 Å². The average Bonchev–Trinajstić information content (AvgIpc) is 3.00. The fourth-order valence-electron chi connectivity index (χ4n) is 4.69. The summed E-state index contributed by atoms with van der Waals surface area (Å²) in [5.41, 5.74) is 4.56. The average molecular weight is 600 g/mol.